The number of hydrogen-bond acceptors (Lipinski definition) is 4. The van der Waals surface area contributed by atoms with Gasteiger partial charge in [0.2, 0.25) is 0 Å². The van der Waals surface area contributed by atoms with Gasteiger partial charge in [0.1, 0.15) is 17.7 Å². The van der Waals surface area contributed by atoms with Gasteiger partial charge >= 0.3 is 5.97 Å². The summed E-state index contributed by atoms with van der Waals surface area (Å²) >= 11 is 0. The van der Waals surface area contributed by atoms with E-state index in [9.17, 15) is 13.6 Å². The second-order valence-corrected chi connectivity index (χ2v) is 5.57. The van der Waals surface area contributed by atoms with Crippen LogP contribution in [0.1, 0.15) is 23.3 Å². The fourth-order valence-corrected chi connectivity index (χ4v) is 2.67. The zero-order chi connectivity index (χ0) is 17.1. The molecule has 1 aromatic heterocycles. The van der Waals surface area contributed by atoms with Crippen LogP contribution in [-0.4, -0.2) is 35.3 Å². The normalized spacial score (nSPS) is 15.3. The number of anilines is 1. The number of rotatable bonds is 4. The highest BCUT2D eigenvalue weighted by molar-refractivity contribution is 5.85. The van der Waals surface area contributed by atoms with Crippen molar-refractivity contribution in [3.63, 3.8) is 0 Å². The number of piperidine rings is 1. The second kappa shape index (κ2) is 6.82. The minimum absolute atomic E-state index is 0.000688. The van der Waals surface area contributed by atoms with Gasteiger partial charge in [-0.1, -0.05) is 6.07 Å². The van der Waals surface area contributed by atoms with Gasteiger partial charge in [0.05, 0.1) is 0 Å². The number of aromatic carboxylic acids is 1. The summed E-state index contributed by atoms with van der Waals surface area (Å²) in [6.07, 6.45) is 1.09. The second-order valence-electron chi connectivity index (χ2n) is 5.57. The molecule has 0 bridgehead atoms. The Balaban J connectivity index is 1.61. The zero-order valence-corrected chi connectivity index (χ0v) is 12.8. The number of aromatic nitrogens is 1. The Hall–Kier alpha value is -2.70. The molecule has 1 aromatic carbocycles. The van der Waals surface area contributed by atoms with Crippen LogP contribution in [0.3, 0.4) is 0 Å². The lowest BCUT2D eigenvalue weighted by molar-refractivity contribution is 0.0690. The Bertz CT molecular complexity index is 746. The van der Waals surface area contributed by atoms with E-state index in [0.29, 0.717) is 31.7 Å². The number of benzene rings is 1. The van der Waals surface area contributed by atoms with Crippen LogP contribution in [0.5, 0.6) is 5.75 Å². The van der Waals surface area contributed by atoms with Gasteiger partial charge in [0.25, 0.3) is 0 Å². The van der Waals surface area contributed by atoms with Gasteiger partial charge in [0, 0.05) is 32.0 Å². The van der Waals surface area contributed by atoms with Crippen LogP contribution in [0.25, 0.3) is 0 Å². The molecule has 0 atom stereocenters. The predicted molar refractivity (Wildman–Crippen MR) is 83.4 cm³/mol. The van der Waals surface area contributed by atoms with Crippen molar-refractivity contribution >= 4 is 11.8 Å². The largest absolute Gasteiger partial charge is 0.487 e. The van der Waals surface area contributed by atoms with E-state index < -0.39 is 17.6 Å². The van der Waals surface area contributed by atoms with Gasteiger partial charge < -0.3 is 14.7 Å². The average molecular weight is 334 g/mol. The molecule has 1 aliphatic heterocycles. The summed E-state index contributed by atoms with van der Waals surface area (Å²) in [5, 5.41) is 9.00. The standard InChI is InChI=1S/C17H16F2N2O3/c18-11-4-5-15(13(19)10-11)24-12-6-8-21(9-7-12)16-3-1-2-14(20-16)17(22)23/h1-5,10,12H,6-9H2,(H,22,23). The van der Waals surface area contributed by atoms with Crippen molar-refractivity contribution in [2.24, 2.45) is 0 Å². The van der Waals surface area contributed by atoms with E-state index in [1.807, 2.05) is 4.90 Å². The van der Waals surface area contributed by atoms with E-state index in [-0.39, 0.29) is 17.5 Å². The zero-order valence-electron chi connectivity index (χ0n) is 12.8. The fourth-order valence-electron chi connectivity index (χ4n) is 2.67. The SMILES string of the molecule is O=C(O)c1cccc(N2CCC(Oc3ccc(F)cc3F)CC2)n1. The van der Waals surface area contributed by atoms with Crippen molar-refractivity contribution in [2.45, 2.75) is 18.9 Å². The minimum Gasteiger partial charge on any atom is -0.487 e. The molecular weight excluding hydrogens is 318 g/mol. The van der Waals surface area contributed by atoms with Gasteiger partial charge in [0.15, 0.2) is 17.3 Å². The van der Waals surface area contributed by atoms with Gasteiger partial charge in [-0.3, -0.25) is 0 Å². The first kappa shape index (κ1) is 16.2. The van der Waals surface area contributed by atoms with E-state index in [4.69, 9.17) is 9.84 Å². The summed E-state index contributed by atoms with van der Waals surface area (Å²) in [6, 6.07) is 8.10. The fraction of sp³-hybridized carbons (Fsp3) is 0.294. The average Bonchev–Trinajstić information content (AvgIpc) is 2.58. The summed E-state index contributed by atoms with van der Waals surface area (Å²) in [5.41, 5.74) is -0.000688. The van der Waals surface area contributed by atoms with Crippen molar-refractivity contribution in [3.05, 3.63) is 53.7 Å². The van der Waals surface area contributed by atoms with Gasteiger partial charge in [-0.15, -0.1) is 0 Å². The van der Waals surface area contributed by atoms with E-state index in [2.05, 4.69) is 4.98 Å². The smallest absolute Gasteiger partial charge is 0.354 e. The number of halogens is 2. The van der Waals surface area contributed by atoms with E-state index in [1.165, 1.54) is 12.1 Å². The van der Waals surface area contributed by atoms with Gasteiger partial charge in [-0.25, -0.2) is 18.6 Å². The third kappa shape index (κ3) is 3.61. The van der Waals surface area contributed by atoms with E-state index >= 15 is 0 Å². The highest BCUT2D eigenvalue weighted by Crippen LogP contribution is 2.24. The molecular formula is C17H16F2N2O3. The van der Waals surface area contributed by atoms with Crippen molar-refractivity contribution in [1.82, 2.24) is 4.98 Å². The molecule has 0 radical (unpaired) electrons. The number of ether oxygens (including phenoxy) is 1. The Labute approximate surface area is 137 Å². The quantitative estimate of drug-likeness (QED) is 0.931. The summed E-state index contributed by atoms with van der Waals surface area (Å²) in [4.78, 5) is 17.1. The molecule has 0 aliphatic carbocycles. The highest BCUT2D eigenvalue weighted by Gasteiger charge is 2.23. The lowest BCUT2D eigenvalue weighted by Crippen LogP contribution is -2.39. The molecule has 126 valence electrons. The summed E-state index contributed by atoms with van der Waals surface area (Å²) < 4.78 is 32.1. The van der Waals surface area contributed by atoms with Crippen LogP contribution in [0.2, 0.25) is 0 Å². The maximum atomic E-state index is 13.6. The number of pyridine rings is 1. The van der Waals surface area contributed by atoms with Gasteiger partial charge in [-0.2, -0.15) is 0 Å². The Morgan fingerprint density at radius 1 is 1.21 bits per heavy atom. The minimum atomic E-state index is -1.07. The Morgan fingerprint density at radius 2 is 1.96 bits per heavy atom. The van der Waals surface area contributed by atoms with Crippen LogP contribution in [0, 0.1) is 11.6 Å². The molecule has 0 unspecified atom stereocenters. The van der Waals surface area contributed by atoms with Crippen LogP contribution in [-0.2, 0) is 0 Å². The molecule has 0 amide bonds. The number of carboxylic acid groups (broad SMARTS) is 1. The van der Waals surface area contributed by atoms with Crippen molar-refractivity contribution < 1.29 is 23.4 Å². The van der Waals surface area contributed by atoms with Crippen molar-refractivity contribution in [1.29, 1.82) is 0 Å². The number of hydrogen-bond donors (Lipinski definition) is 1. The number of carbonyl (C=O) groups is 1. The molecule has 1 fully saturated rings. The number of nitrogens with zero attached hydrogens (tertiary/aromatic N) is 2. The lowest BCUT2D eigenvalue weighted by atomic mass is 10.1. The topological polar surface area (TPSA) is 62.7 Å². The molecule has 1 saturated heterocycles. The maximum Gasteiger partial charge on any atom is 0.354 e. The summed E-state index contributed by atoms with van der Waals surface area (Å²) in [6.45, 7) is 1.23. The maximum absolute atomic E-state index is 13.6. The van der Waals surface area contributed by atoms with Crippen LogP contribution < -0.4 is 9.64 Å². The lowest BCUT2D eigenvalue weighted by Gasteiger charge is -2.33. The van der Waals surface area contributed by atoms with E-state index in [1.54, 1.807) is 12.1 Å². The molecule has 5 nitrogen and oxygen atoms in total. The molecule has 1 aliphatic rings. The Morgan fingerprint density at radius 3 is 2.62 bits per heavy atom. The van der Waals surface area contributed by atoms with Crippen LogP contribution >= 0.6 is 0 Å². The van der Waals surface area contributed by atoms with E-state index in [0.717, 1.165) is 12.1 Å². The molecule has 7 heteroatoms. The van der Waals surface area contributed by atoms with Crippen molar-refractivity contribution in [2.75, 3.05) is 18.0 Å². The monoisotopic (exact) mass is 334 g/mol. The van der Waals surface area contributed by atoms with Crippen molar-refractivity contribution in [3.8, 4) is 5.75 Å². The molecule has 3 rings (SSSR count). The first-order valence-corrected chi connectivity index (χ1v) is 7.60. The van der Waals surface area contributed by atoms with Crippen LogP contribution in [0.15, 0.2) is 36.4 Å². The molecule has 2 aromatic rings. The third-order valence-electron chi connectivity index (χ3n) is 3.91. The molecule has 2 heterocycles. The summed E-state index contributed by atoms with van der Waals surface area (Å²) in [5.74, 6) is -1.78. The third-order valence-corrected chi connectivity index (χ3v) is 3.91. The number of carboxylic acids is 1. The first-order chi connectivity index (χ1) is 11.5. The molecule has 1 N–H and O–H groups in total. The Kier molecular flexibility index (Phi) is 4.59. The van der Waals surface area contributed by atoms with Gasteiger partial charge in [-0.05, 0) is 24.3 Å². The molecule has 24 heavy (non-hydrogen) atoms. The molecule has 0 saturated carbocycles. The molecule has 0 spiro atoms. The van der Waals surface area contributed by atoms with Crippen LogP contribution in [0.4, 0.5) is 14.6 Å². The summed E-state index contributed by atoms with van der Waals surface area (Å²) in [7, 11) is 0. The first-order valence-electron chi connectivity index (χ1n) is 7.60. The highest BCUT2D eigenvalue weighted by atomic mass is 19.1. The predicted octanol–water partition coefficient (Wildman–Crippen LogP) is 3.11.